The Balaban J connectivity index is 1.84. The lowest BCUT2D eigenvalue weighted by atomic mass is 10.2. The highest BCUT2D eigenvalue weighted by molar-refractivity contribution is 6.32. The fraction of sp³-hybridized carbons (Fsp3) is 0.312. The molecule has 1 aliphatic carbocycles. The molecule has 120 valence electrons. The molecule has 1 aromatic carbocycles. The number of amides is 1. The Hall–Kier alpha value is -2.34. The summed E-state index contributed by atoms with van der Waals surface area (Å²) in [6.07, 6.45) is 1.65. The lowest BCUT2D eigenvalue weighted by molar-refractivity contribution is -0.139. The first-order valence-corrected chi connectivity index (χ1v) is 7.70. The zero-order valence-electron chi connectivity index (χ0n) is 12.5. The Bertz CT molecular complexity index is 768. The average molecular weight is 334 g/mol. The van der Waals surface area contributed by atoms with Crippen molar-refractivity contribution in [2.75, 3.05) is 0 Å². The van der Waals surface area contributed by atoms with Gasteiger partial charge in [0, 0.05) is 5.69 Å². The van der Waals surface area contributed by atoms with E-state index in [1.54, 1.807) is 22.9 Å². The highest BCUT2D eigenvalue weighted by atomic mass is 35.5. The Morgan fingerprint density at radius 1 is 1.39 bits per heavy atom. The third kappa shape index (κ3) is 3.22. The molecule has 2 aromatic rings. The predicted octanol–water partition coefficient (Wildman–Crippen LogP) is 2.43. The number of carboxylic acids is 1. The molecule has 3 rings (SSSR count). The van der Waals surface area contributed by atoms with Crippen molar-refractivity contribution in [3.8, 4) is 5.69 Å². The van der Waals surface area contributed by atoms with Gasteiger partial charge in [0.05, 0.1) is 10.7 Å². The van der Waals surface area contributed by atoms with Crippen LogP contribution in [-0.2, 0) is 4.79 Å². The van der Waals surface area contributed by atoms with Crippen LogP contribution < -0.4 is 5.32 Å². The van der Waals surface area contributed by atoms with E-state index in [1.807, 2.05) is 19.1 Å². The van der Waals surface area contributed by atoms with Crippen LogP contribution in [0.3, 0.4) is 0 Å². The molecule has 2 N–H and O–H groups in total. The zero-order valence-corrected chi connectivity index (χ0v) is 13.2. The van der Waals surface area contributed by atoms with Gasteiger partial charge in [-0.15, -0.1) is 0 Å². The molecule has 1 saturated carbocycles. The number of carboxylic acid groups (broad SMARTS) is 1. The van der Waals surface area contributed by atoms with Crippen LogP contribution in [0.15, 0.2) is 30.3 Å². The molecule has 0 saturated heterocycles. The maximum atomic E-state index is 12.3. The number of aryl methyl sites for hydroxylation is 1. The predicted molar refractivity (Wildman–Crippen MR) is 84.9 cm³/mol. The van der Waals surface area contributed by atoms with Crippen LogP contribution in [-0.4, -0.2) is 32.8 Å². The summed E-state index contributed by atoms with van der Waals surface area (Å²) in [7, 11) is 0. The van der Waals surface area contributed by atoms with Gasteiger partial charge in [0.25, 0.3) is 5.91 Å². The molecule has 0 bridgehead atoms. The van der Waals surface area contributed by atoms with E-state index < -0.39 is 17.9 Å². The average Bonchev–Trinajstić information content (AvgIpc) is 3.27. The number of nitrogens with one attached hydrogen (secondary N) is 1. The number of para-hydroxylation sites is 1. The van der Waals surface area contributed by atoms with Crippen LogP contribution in [0.4, 0.5) is 0 Å². The molecule has 1 atom stereocenters. The number of rotatable bonds is 5. The first-order chi connectivity index (χ1) is 11.0. The summed E-state index contributed by atoms with van der Waals surface area (Å²) < 4.78 is 1.57. The van der Waals surface area contributed by atoms with Gasteiger partial charge in [0.15, 0.2) is 5.69 Å². The molecule has 0 aliphatic heterocycles. The van der Waals surface area contributed by atoms with Crippen LogP contribution in [0.25, 0.3) is 5.69 Å². The Morgan fingerprint density at radius 3 is 2.70 bits per heavy atom. The SMILES string of the molecule is Cc1cc(C(=O)NC(C(=O)O)C2CC2)nn1-c1ccccc1Cl. The highest BCUT2D eigenvalue weighted by Gasteiger charge is 2.37. The summed E-state index contributed by atoms with van der Waals surface area (Å²) in [6, 6.07) is 7.94. The zero-order chi connectivity index (χ0) is 16.6. The number of carbonyl (C=O) groups is 2. The first-order valence-electron chi connectivity index (χ1n) is 7.32. The molecule has 0 radical (unpaired) electrons. The fourth-order valence-corrected chi connectivity index (χ4v) is 2.69. The topological polar surface area (TPSA) is 84.2 Å². The molecular weight excluding hydrogens is 318 g/mol. The summed E-state index contributed by atoms with van der Waals surface area (Å²) in [5.74, 6) is -1.48. The molecule has 7 heteroatoms. The monoisotopic (exact) mass is 333 g/mol. The minimum absolute atomic E-state index is 0.0169. The first kappa shape index (κ1) is 15.6. The van der Waals surface area contributed by atoms with Crippen LogP contribution >= 0.6 is 11.6 Å². The summed E-state index contributed by atoms with van der Waals surface area (Å²) in [4.78, 5) is 23.5. The van der Waals surface area contributed by atoms with E-state index in [0.29, 0.717) is 10.7 Å². The molecule has 0 spiro atoms. The third-order valence-corrected chi connectivity index (χ3v) is 4.17. The maximum absolute atomic E-state index is 12.3. The summed E-state index contributed by atoms with van der Waals surface area (Å²) >= 11 is 6.16. The van der Waals surface area contributed by atoms with Gasteiger partial charge in [-0.1, -0.05) is 23.7 Å². The van der Waals surface area contributed by atoms with E-state index >= 15 is 0 Å². The van der Waals surface area contributed by atoms with E-state index in [4.69, 9.17) is 11.6 Å². The van der Waals surface area contributed by atoms with Crippen molar-refractivity contribution in [1.29, 1.82) is 0 Å². The Kier molecular flexibility index (Phi) is 4.09. The molecule has 1 aliphatic rings. The van der Waals surface area contributed by atoms with E-state index in [9.17, 15) is 14.7 Å². The van der Waals surface area contributed by atoms with Crippen molar-refractivity contribution in [2.24, 2.45) is 5.92 Å². The molecule has 1 fully saturated rings. The largest absolute Gasteiger partial charge is 0.480 e. The molecule has 1 unspecified atom stereocenters. The van der Waals surface area contributed by atoms with Gasteiger partial charge in [0.1, 0.15) is 6.04 Å². The van der Waals surface area contributed by atoms with Gasteiger partial charge in [0.2, 0.25) is 0 Å². The van der Waals surface area contributed by atoms with Gasteiger partial charge in [-0.05, 0) is 43.9 Å². The van der Waals surface area contributed by atoms with E-state index in [-0.39, 0.29) is 11.6 Å². The lowest BCUT2D eigenvalue weighted by Gasteiger charge is -2.12. The van der Waals surface area contributed by atoms with Crippen LogP contribution in [0.1, 0.15) is 29.0 Å². The number of aliphatic carboxylic acids is 1. The molecule has 1 heterocycles. The second-order valence-corrected chi connectivity index (χ2v) is 6.07. The quantitative estimate of drug-likeness (QED) is 0.880. The summed E-state index contributed by atoms with van der Waals surface area (Å²) in [6.45, 7) is 1.81. The van der Waals surface area contributed by atoms with Crippen LogP contribution in [0.5, 0.6) is 0 Å². The fourth-order valence-electron chi connectivity index (χ4n) is 2.48. The van der Waals surface area contributed by atoms with Gasteiger partial charge < -0.3 is 10.4 Å². The number of aromatic nitrogens is 2. The van der Waals surface area contributed by atoms with E-state index in [2.05, 4.69) is 10.4 Å². The van der Waals surface area contributed by atoms with Gasteiger partial charge in [-0.25, -0.2) is 9.48 Å². The molecular formula is C16H16ClN3O3. The van der Waals surface area contributed by atoms with Crippen molar-refractivity contribution in [1.82, 2.24) is 15.1 Å². The number of hydrogen-bond acceptors (Lipinski definition) is 3. The maximum Gasteiger partial charge on any atom is 0.326 e. The molecule has 1 aromatic heterocycles. The van der Waals surface area contributed by atoms with E-state index in [1.165, 1.54) is 0 Å². The number of benzene rings is 1. The van der Waals surface area contributed by atoms with Crippen LogP contribution in [0.2, 0.25) is 5.02 Å². The number of nitrogens with zero attached hydrogens (tertiary/aromatic N) is 2. The van der Waals surface area contributed by atoms with Crippen molar-refractivity contribution in [3.63, 3.8) is 0 Å². The third-order valence-electron chi connectivity index (χ3n) is 3.85. The molecule has 23 heavy (non-hydrogen) atoms. The van der Waals surface area contributed by atoms with E-state index in [0.717, 1.165) is 18.5 Å². The minimum Gasteiger partial charge on any atom is -0.480 e. The normalized spacial score (nSPS) is 15.2. The molecule has 6 nitrogen and oxygen atoms in total. The van der Waals surface area contributed by atoms with Crippen LogP contribution in [0, 0.1) is 12.8 Å². The second-order valence-electron chi connectivity index (χ2n) is 5.66. The van der Waals surface area contributed by atoms with Crippen molar-refractivity contribution in [3.05, 3.63) is 46.7 Å². The van der Waals surface area contributed by atoms with Gasteiger partial charge in [-0.2, -0.15) is 5.10 Å². The standard InChI is InChI=1S/C16H16ClN3O3/c1-9-8-12(15(21)18-14(16(22)23)10-6-7-10)19-20(9)13-5-3-2-4-11(13)17/h2-5,8,10,14H,6-7H2,1H3,(H,18,21)(H,22,23). The lowest BCUT2D eigenvalue weighted by Crippen LogP contribution is -2.42. The van der Waals surface area contributed by atoms with Gasteiger partial charge >= 0.3 is 5.97 Å². The van der Waals surface area contributed by atoms with Crippen molar-refractivity contribution >= 4 is 23.5 Å². The van der Waals surface area contributed by atoms with Crippen molar-refractivity contribution in [2.45, 2.75) is 25.8 Å². The number of hydrogen-bond donors (Lipinski definition) is 2. The second kappa shape index (κ2) is 6.04. The number of carbonyl (C=O) groups excluding carboxylic acids is 1. The highest BCUT2D eigenvalue weighted by Crippen LogP contribution is 2.33. The number of halogens is 1. The molecule has 1 amide bonds. The minimum atomic E-state index is -1.01. The van der Waals surface area contributed by atoms with Gasteiger partial charge in [-0.3, -0.25) is 4.79 Å². The van der Waals surface area contributed by atoms with Crippen molar-refractivity contribution < 1.29 is 14.7 Å². The summed E-state index contributed by atoms with van der Waals surface area (Å²) in [5.41, 5.74) is 1.58. The summed E-state index contributed by atoms with van der Waals surface area (Å²) in [5, 5.41) is 16.5. The Morgan fingerprint density at radius 2 is 2.09 bits per heavy atom. The Labute approximate surface area is 138 Å². The smallest absolute Gasteiger partial charge is 0.326 e.